The molecule has 7 heteroatoms. The first kappa shape index (κ1) is 15.7. The van der Waals surface area contributed by atoms with Crippen molar-refractivity contribution in [3.8, 4) is 11.8 Å². The minimum atomic E-state index is -0.313. The van der Waals surface area contributed by atoms with E-state index >= 15 is 0 Å². The van der Waals surface area contributed by atoms with E-state index in [1.165, 1.54) is 4.68 Å². The first-order valence-corrected chi connectivity index (χ1v) is 7.46. The third kappa shape index (κ3) is 3.12. The van der Waals surface area contributed by atoms with Crippen LogP contribution < -0.4 is 5.56 Å². The normalized spacial score (nSPS) is 10.9. The number of halogens is 1. The smallest absolute Gasteiger partial charge is 0.293 e. The summed E-state index contributed by atoms with van der Waals surface area (Å²) in [5.74, 6) is 0. The number of nitrogens with one attached hydrogen (secondary N) is 1. The summed E-state index contributed by atoms with van der Waals surface area (Å²) in [5, 5.41) is 20.4. The summed E-state index contributed by atoms with van der Waals surface area (Å²) in [6.45, 7) is 1.75. The fourth-order valence-corrected chi connectivity index (χ4v) is 2.35. The Morgan fingerprint density at radius 1 is 1.17 bits per heavy atom. The van der Waals surface area contributed by atoms with Gasteiger partial charge in [0, 0.05) is 5.02 Å². The molecule has 2 aromatic carbocycles. The van der Waals surface area contributed by atoms with Crippen molar-refractivity contribution in [2.45, 2.75) is 6.92 Å². The molecule has 118 valence electrons. The Morgan fingerprint density at radius 2 is 1.92 bits per heavy atom. The van der Waals surface area contributed by atoms with E-state index in [1.54, 1.807) is 55.5 Å². The highest BCUT2D eigenvalue weighted by atomic mass is 35.5. The van der Waals surface area contributed by atoms with Gasteiger partial charge < -0.3 is 0 Å². The van der Waals surface area contributed by atoms with Crippen LogP contribution in [0.3, 0.4) is 0 Å². The zero-order valence-electron chi connectivity index (χ0n) is 12.7. The molecular weight excluding hydrogens is 326 g/mol. The van der Waals surface area contributed by atoms with E-state index in [9.17, 15) is 4.79 Å². The van der Waals surface area contributed by atoms with Crippen LogP contribution in [0.2, 0.25) is 5.02 Å². The SMILES string of the molecule is Cc1[nH]n(-c2cccc(Cl)c2)c(=O)c1N=Nc1ccc(C#N)cc1. The molecule has 3 aromatic rings. The van der Waals surface area contributed by atoms with Gasteiger partial charge in [-0.15, -0.1) is 5.11 Å². The second-order valence-corrected chi connectivity index (χ2v) is 5.50. The van der Waals surface area contributed by atoms with Crippen LogP contribution >= 0.6 is 11.6 Å². The van der Waals surface area contributed by atoms with Gasteiger partial charge in [0.25, 0.3) is 5.56 Å². The second-order valence-electron chi connectivity index (χ2n) is 5.06. The molecule has 0 radical (unpaired) electrons. The maximum Gasteiger partial charge on any atom is 0.299 e. The zero-order chi connectivity index (χ0) is 17.1. The Morgan fingerprint density at radius 3 is 2.58 bits per heavy atom. The van der Waals surface area contributed by atoms with Crippen molar-refractivity contribution in [2.24, 2.45) is 10.2 Å². The third-order valence-corrected chi connectivity index (χ3v) is 3.60. The number of aromatic amines is 1. The Hall–Kier alpha value is -3.17. The monoisotopic (exact) mass is 337 g/mol. The van der Waals surface area contributed by atoms with Crippen molar-refractivity contribution in [1.29, 1.82) is 5.26 Å². The highest BCUT2D eigenvalue weighted by Crippen LogP contribution is 2.20. The Labute approximate surface area is 142 Å². The largest absolute Gasteiger partial charge is 0.299 e. The van der Waals surface area contributed by atoms with Gasteiger partial charge in [0.1, 0.15) is 0 Å². The summed E-state index contributed by atoms with van der Waals surface area (Å²) in [4.78, 5) is 12.5. The van der Waals surface area contributed by atoms with Gasteiger partial charge in [0.15, 0.2) is 5.69 Å². The molecule has 0 saturated carbocycles. The number of hydrogen-bond donors (Lipinski definition) is 1. The van der Waals surface area contributed by atoms with Crippen LogP contribution in [0.5, 0.6) is 0 Å². The minimum Gasteiger partial charge on any atom is -0.293 e. The van der Waals surface area contributed by atoms with Crippen LogP contribution in [0.15, 0.2) is 63.6 Å². The number of azo groups is 1. The number of nitriles is 1. The topological polar surface area (TPSA) is 86.3 Å². The highest BCUT2D eigenvalue weighted by molar-refractivity contribution is 6.30. The van der Waals surface area contributed by atoms with Gasteiger partial charge in [0.05, 0.1) is 28.7 Å². The first-order valence-electron chi connectivity index (χ1n) is 7.08. The van der Waals surface area contributed by atoms with Crippen molar-refractivity contribution in [3.63, 3.8) is 0 Å². The van der Waals surface area contributed by atoms with Gasteiger partial charge in [-0.05, 0) is 49.4 Å². The van der Waals surface area contributed by atoms with Gasteiger partial charge in [0.2, 0.25) is 0 Å². The van der Waals surface area contributed by atoms with Crippen molar-refractivity contribution < 1.29 is 0 Å². The molecule has 24 heavy (non-hydrogen) atoms. The predicted molar refractivity (Wildman–Crippen MR) is 91.5 cm³/mol. The summed E-state index contributed by atoms with van der Waals surface area (Å²) in [6.07, 6.45) is 0. The molecule has 0 saturated heterocycles. The molecule has 0 unspecified atom stereocenters. The third-order valence-electron chi connectivity index (χ3n) is 3.37. The highest BCUT2D eigenvalue weighted by Gasteiger charge is 2.12. The second kappa shape index (κ2) is 6.52. The number of H-pyrrole nitrogens is 1. The molecule has 0 amide bonds. The van der Waals surface area contributed by atoms with E-state index in [4.69, 9.17) is 16.9 Å². The number of aromatic nitrogens is 2. The van der Waals surface area contributed by atoms with Crippen LogP contribution in [0.1, 0.15) is 11.3 Å². The molecule has 0 fully saturated rings. The molecule has 0 atom stereocenters. The zero-order valence-corrected chi connectivity index (χ0v) is 13.4. The van der Waals surface area contributed by atoms with Gasteiger partial charge in [-0.3, -0.25) is 9.89 Å². The lowest BCUT2D eigenvalue weighted by Gasteiger charge is -2.00. The van der Waals surface area contributed by atoms with Gasteiger partial charge in [-0.1, -0.05) is 17.7 Å². The van der Waals surface area contributed by atoms with Crippen molar-refractivity contribution in [2.75, 3.05) is 0 Å². The fourth-order valence-electron chi connectivity index (χ4n) is 2.16. The van der Waals surface area contributed by atoms with Crippen molar-refractivity contribution >= 4 is 23.0 Å². The van der Waals surface area contributed by atoms with Crippen LogP contribution in [0, 0.1) is 18.3 Å². The van der Waals surface area contributed by atoms with Crippen LogP contribution in [-0.2, 0) is 0 Å². The number of rotatable bonds is 3. The summed E-state index contributed by atoms with van der Waals surface area (Å²) in [5.41, 5.74) is 2.22. The predicted octanol–water partition coefficient (Wildman–Crippen LogP) is 4.41. The summed E-state index contributed by atoms with van der Waals surface area (Å²) in [6, 6.07) is 15.6. The lowest BCUT2D eigenvalue weighted by molar-refractivity contribution is 0.835. The Bertz CT molecular complexity index is 1010. The lowest BCUT2D eigenvalue weighted by Crippen LogP contribution is -2.13. The van der Waals surface area contributed by atoms with Gasteiger partial charge >= 0.3 is 0 Å². The summed E-state index contributed by atoms with van der Waals surface area (Å²) < 4.78 is 1.37. The van der Waals surface area contributed by atoms with E-state index in [1.807, 2.05) is 6.07 Å². The molecule has 6 nitrogen and oxygen atoms in total. The van der Waals surface area contributed by atoms with Crippen LogP contribution in [0.25, 0.3) is 5.69 Å². The van der Waals surface area contributed by atoms with Crippen LogP contribution in [-0.4, -0.2) is 9.78 Å². The summed E-state index contributed by atoms with van der Waals surface area (Å²) >= 11 is 5.97. The Balaban J connectivity index is 1.96. The van der Waals surface area contributed by atoms with Gasteiger partial charge in [-0.2, -0.15) is 10.4 Å². The molecule has 0 bridgehead atoms. The minimum absolute atomic E-state index is 0.222. The molecule has 1 aromatic heterocycles. The average molecular weight is 338 g/mol. The maximum absolute atomic E-state index is 12.5. The van der Waals surface area contributed by atoms with E-state index in [-0.39, 0.29) is 11.2 Å². The first-order chi connectivity index (χ1) is 11.6. The quantitative estimate of drug-likeness (QED) is 0.717. The Kier molecular flexibility index (Phi) is 4.27. The summed E-state index contributed by atoms with van der Waals surface area (Å²) in [7, 11) is 0. The van der Waals surface area contributed by atoms with Gasteiger partial charge in [-0.25, -0.2) is 4.68 Å². The lowest BCUT2D eigenvalue weighted by atomic mass is 10.2. The molecule has 0 aliphatic rings. The van der Waals surface area contributed by atoms with Crippen molar-refractivity contribution in [3.05, 3.63) is 75.2 Å². The van der Waals surface area contributed by atoms with Crippen molar-refractivity contribution in [1.82, 2.24) is 9.78 Å². The maximum atomic E-state index is 12.5. The molecule has 0 aliphatic carbocycles. The number of aryl methyl sites for hydroxylation is 1. The van der Waals surface area contributed by atoms with E-state index in [2.05, 4.69) is 15.3 Å². The van der Waals surface area contributed by atoms with Crippen LogP contribution in [0.4, 0.5) is 11.4 Å². The standard InChI is InChI=1S/C17H12ClN5O/c1-11-16(21-20-14-7-5-12(10-19)6-8-14)17(24)23(22-11)15-4-2-3-13(18)9-15/h2-9,22H,1H3. The van der Waals surface area contributed by atoms with E-state index in [0.29, 0.717) is 27.7 Å². The molecule has 1 N–H and O–H groups in total. The van der Waals surface area contributed by atoms with E-state index in [0.717, 1.165) is 0 Å². The molecule has 1 heterocycles. The molecule has 0 spiro atoms. The molecule has 0 aliphatic heterocycles. The average Bonchev–Trinajstić information content (AvgIpc) is 2.88. The molecular formula is C17H12ClN5O. The van der Waals surface area contributed by atoms with E-state index < -0.39 is 0 Å². The fraction of sp³-hybridized carbons (Fsp3) is 0.0588. The molecule has 3 rings (SSSR count). The number of hydrogen-bond acceptors (Lipinski definition) is 4. The number of benzene rings is 2. The number of nitrogens with zero attached hydrogens (tertiary/aromatic N) is 4.